The van der Waals surface area contributed by atoms with Gasteiger partial charge in [0.1, 0.15) is 23.7 Å². The van der Waals surface area contributed by atoms with Crippen LogP contribution < -0.4 is 10.1 Å². The maximum absolute atomic E-state index is 14.2. The molecule has 0 aliphatic heterocycles. The Labute approximate surface area is 186 Å². The summed E-state index contributed by atoms with van der Waals surface area (Å²) in [7, 11) is 0. The molecule has 6 nitrogen and oxygen atoms in total. The lowest BCUT2D eigenvalue weighted by atomic mass is 10.1. The molecule has 9 heteroatoms. The average molecular weight is 458 g/mol. The number of nitrogens with zero attached hydrogens (tertiary/aromatic N) is 2. The molecule has 0 saturated carbocycles. The minimum atomic E-state index is -0.906. The molecule has 1 aromatic carbocycles. The summed E-state index contributed by atoms with van der Waals surface area (Å²) in [5.41, 5.74) is 1.61. The van der Waals surface area contributed by atoms with Crippen molar-refractivity contribution in [3.63, 3.8) is 0 Å². The van der Waals surface area contributed by atoms with Gasteiger partial charge in [0.15, 0.2) is 0 Å². The van der Waals surface area contributed by atoms with E-state index in [1.165, 1.54) is 29.0 Å². The number of carboxylic acids is 1. The highest BCUT2D eigenvalue weighted by Gasteiger charge is 2.15. The van der Waals surface area contributed by atoms with E-state index < -0.39 is 5.97 Å². The molecule has 31 heavy (non-hydrogen) atoms. The third kappa shape index (κ3) is 5.00. The molecule has 3 aromatic heterocycles. The second-order valence-corrected chi connectivity index (χ2v) is 8.84. The van der Waals surface area contributed by atoms with Crippen molar-refractivity contribution in [3.8, 4) is 16.3 Å². The number of hydrogen-bond acceptors (Lipinski definition) is 7. The summed E-state index contributed by atoms with van der Waals surface area (Å²) in [6.07, 6.45) is 2.02. The number of aromatic nitrogens is 2. The van der Waals surface area contributed by atoms with E-state index in [2.05, 4.69) is 15.3 Å². The van der Waals surface area contributed by atoms with E-state index in [1.54, 1.807) is 6.07 Å². The van der Waals surface area contributed by atoms with Crippen molar-refractivity contribution in [2.45, 2.75) is 19.8 Å². The summed E-state index contributed by atoms with van der Waals surface area (Å²) in [6.45, 7) is 2.90. The highest BCUT2D eigenvalue weighted by atomic mass is 32.1. The third-order valence-electron chi connectivity index (χ3n) is 4.59. The fourth-order valence-electron chi connectivity index (χ4n) is 3.24. The average Bonchev–Trinajstić information content (AvgIpc) is 3.36. The van der Waals surface area contributed by atoms with Crippen LogP contribution >= 0.6 is 22.7 Å². The first-order chi connectivity index (χ1) is 15.0. The van der Waals surface area contributed by atoms with Gasteiger partial charge >= 0.3 is 5.97 Å². The van der Waals surface area contributed by atoms with Crippen LogP contribution in [0.2, 0.25) is 0 Å². The highest BCUT2D eigenvalue weighted by Crippen LogP contribution is 2.36. The maximum Gasteiger partial charge on any atom is 0.308 e. The van der Waals surface area contributed by atoms with Crippen molar-refractivity contribution < 1.29 is 19.0 Å². The Morgan fingerprint density at radius 1 is 1.26 bits per heavy atom. The first-order valence-electron chi connectivity index (χ1n) is 9.72. The second-order valence-electron chi connectivity index (χ2n) is 6.78. The minimum Gasteiger partial charge on any atom is -0.493 e. The van der Waals surface area contributed by atoms with Gasteiger partial charge in [0.2, 0.25) is 0 Å². The van der Waals surface area contributed by atoms with E-state index in [0.717, 1.165) is 15.8 Å². The summed E-state index contributed by atoms with van der Waals surface area (Å²) in [5.74, 6) is 0.125. The van der Waals surface area contributed by atoms with E-state index in [-0.39, 0.29) is 12.2 Å². The zero-order valence-corrected chi connectivity index (χ0v) is 18.4. The standard InChI is InChI=1S/C22H20FN3O3S2/c1-2-29-17-10-18(31-19(17)11-21(27)28)16-9-20(26-12-25-16)24-5-3-13-7-14-4-6-30-22(14)15(23)8-13/h4,6-10,12H,2-3,5,11H2,1H3,(H,27,28)(H,24,25,26). The molecule has 0 saturated heterocycles. The quantitative estimate of drug-likeness (QED) is 0.358. The second kappa shape index (κ2) is 9.40. The van der Waals surface area contributed by atoms with E-state index in [9.17, 15) is 9.18 Å². The summed E-state index contributed by atoms with van der Waals surface area (Å²) in [4.78, 5) is 21.2. The van der Waals surface area contributed by atoms with Crippen LogP contribution in [0.4, 0.5) is 10.2 Å². The van der Waals surface area contributed by atoms with Crippen molar-refractivity contribution in [1.82, 2.24) is 9.97 Å². The van der Waals surface area contributed by atoms with Gasteiger partial charge in [0.05, 0.1) is 33.2 Å². The summed E-state index contributed by atoms with van der Waals surface area (Å²) < 4.78 is 20.4. The van der Waals surface area contributed by atoms with Crippen molar-refractivity contribution in [1.29, 1.82) is 0 Å². The molecule has 0 aliphatic rings. The lowest BCUT2D eigenvalue weighted by Gasteiger charge is -2.07. The van der Waals surface area contributed by atoms with Crippen molar-refractivity contribution in [2.75, 3.05) is 18.5 Å². The van der Waals surface area contributed by atoms with Gasteiger partial charge in [-0.3, -0.25) is 4.79 Å². The molecule has 0 bridgehead atoms. The van der Waals surface area contributed by atoms with Gasteiger partial charge in [-0.15, -0.1) is 22.7 Å². The normalized spacial score (nSPS) is 11.0. The molecule has 0 radical (unpaired) electrons. The largest absolute Gasteiger partial charge is 0.493 e. The predicted octanol–water partition coefficient (Wildman–Crippen LogP) is 5.24. The lowest BCUT2D eigenvalue weighted by molar-refractivity contribution is -0.136. The summed E-state index contributed by atoms with van der Waals surface area (Å²) in [5, 5.41) is 15.2. The first kappa shape index (κ1) is 21.2. The van der Waals surface area contributed by atoms with Gasteiger partial charge < -0.3 is 15.2 Å². The number of thiophene rings is 2. The number of hydrogen-bond donors (Lipinski definition) is 2. The molecular formula is C22H20FN3O3S2. The van der Waals surface area contributed by atoms with E-state index in [0.29, 0.717) is 46.4 Å². The molecule has 4 rings (SSSR count). The smallest absolute Gasteiger partial charge is 0.308 e. The highest BCUT2D eigenvalue weighted by molar-refractivity contribution is 7.17. The number of carbonyl (C=O) groups is 1. The molecule has 0 spiro atoms. The van der Waals surface area contributed by atoms with Crippen LogP contribution in [0.25, 0.3) is 20.7 Å². The SMILES string of the molecule is CCOc1cc(-c2cc(NCCc3cc(F)c4sccc4c3)ncn2)sc1CC(=O)O. The van der Waals surface area contributed by atoms with Crippen LogP contribution in [0.3, 0.4) is 0 Å². The molecule has 3 heterocycles. The third-order valence-corrected chi connectivity index (χ3v) is 6.66. The van der Waals surface area contributed by atoms with Gasteiger partial charge in [-0.1, -0.05) is 6.07 Å². The molecule has 4 aromatic rings. The number of halogens is 1. The van der Waals surface area contributed by atoms with Gasteiger partial charge in [-0.25, -0.2) is 14.4 Å². The van der Waals surface area contributed by atoms with Crippen molar-refractivity contribution in [3.05, 3.63) is 58.3 Å². The number of ether oxygens (including phenoxy) is 1. The Bertz CT molecular complexity index is 1220. The van der Waals surface area contributed by atoms with E-state index in [4.69, 9.17) is 9.84 Å². The van der Waals surface area contributed by atoms with E-state index in [1.807, 2.05) is 36.6 Å². The maximum atomic E-state index is 14.2. The van der Waals surface area contributed by atoms with E-state index >= 15 is 0 Å². The zero-order chi connectivity index (χ0) is 21.8. The van der Waals surface area contributed by atoms with Gasteiger partial charge in [-0.2, -0.15) is 0 Å². The number of nitrogens with one attached hydrogen (secondary N) is 1. The summed E-state index contributed by atoms with van der Waals surface area (Å²) >= 11 is 2.75. The van der Waals surface area contributed by atoms with Crippen LogP contribution in [0.15, 0.2) is 42.0 Å². The molecule has 2 N–H and O–H groups in total. The molecule has 0 fully saturated rings. The van der Waals surface area contributed by atoms with Crippen LogP contribution in [0, 0.1) is 5.82 Å². The monoisotopic (exact) mass is 457 g/mol. The predicted molar refractivity (Wildman–Crippen MR) is 122 cm³/mol. The molecule has 0 amide bonds. The van der Waals surface area contributed by atoms with Crippen molar-refractivity contribution >= 4 is 44.5 Å². The zero-order valence-electron chi connectivity index (χ0n) is 16.7. The Kier molecular flexibility index (Phi) is 6.43. The number of fused-ring (bicyclic) bond motifs is 1. The fourth-order valence-corrected chi connectivity index (χ4v) is 5.09. The van der Waals surface area contributed by atoms with Crippen LogP contribution in [-0.4, -0.2) is 34.2 Å². The van der Waals surface area contributed by atoms with Gasteiger partial charge in [0.25, 0.3) is 0 Å². The Hall–Kier alpha value is -3.04. The molecule has 160 valence electrons. The van der Waals surface area contributed by atoms with Crippen molar-refractivity contribution in [2.24, 2.45) is 0 Å². The molecular weight excluding hydrogens is 437 g/mol. The fraction of sp³-hybridized carbons (Fsp3) is 0.227. The summed E-state index contributed by atoms with van der Waals surface area (Å²) in [6, 6.07) is 9.14. The number of aliphatic carboxylic acids is 1. The number of anilines is 1. The number of carboxylic acid groups (broad SMARTS) is 1. The Morgan fingerprint density at radius 3 is 2.94 bits per heavy atom. The lowest BCUT2D eigenvalue weighted by Crippen LogP contribution is -2.06. The van der Waals surface area contributed by atoms with Crippen LogP contribution in [0.1, 0.15) is 17.4 Å². The minimum absolute atomic E-state index is 0.0960. The van der Waals surface area contributed by atoms with Gasteiger partial charge in [0, 0.05) is 18.7 Å². The van der Waals surface area contributed by atoms with Crippen LogP contribution in [-0.2, 0) is 17.6 Å². The Morgan fingerprint density at radius 2 is 2.13 bits per heavy atom. The Balaban J connectivity index is 1.46. The van der Waals surface area contributed by atoms with Crippen LogP contribution in [0.5, 0.6) is 5.75 Å². The number of rotatable bonds is 9. The first-order valence-corrected chi connectivity index (χ1v) is 11.4. The number of benzene rings is 1. The topological polar surface area (TPSA) is 84.3 Å². The molecule has 0 atom stereocenters. The molecule has 0 unspecified atom stereocenters. The van der Waals surface area contributed by atoms with Gasteiger partial charge in [-0.05, 0) is 41.8 Å². The molecule has 0 aliphatic carbocycles.